The number of rotatable bonds is 12. The maximum Gasteiger partial charge on any atom is 0.247 e. The first-order valence-electron chi connectivity index (χ1n) is 8.89. The van der Waals surface area contributed by atoms with Crippen molar-refractivity contribution in [1.29, 1.82) is 0 Å². The van der Waals surface area contributed by atoms with Gasteiger partial charge in [-0.3, -0.25) is 19.6 Å². The first-order chi connectivity index (χ1) is 11.8. The number of carbonyl (C=O) groups is 3. The number of amides is 3. The maximum atomic E-state index is 12.8. The summed E-state index contributed by atoms with van der Waals surface area (Å²) in [5.41, 5.74) is 1.63. The second-order valence-corrected chi connectivity index (χ2v) is 6.66. The van der Waals surface area contributed by atoms with Crippen molar-refractivity contribution in [3.63, 3.8) is 0 Å². The third-order valence-corrected chi connectivity index (χ3v) is 4.14. The van der Waals surface area contributed by atoms with Crippen LogP contribution in [-0.2, 0) is 14.4 Å². The van der Waals surface area contributed by atoms with Crippen LogP contribution in [0.2, 0.25) is 0 Å². The molecule has 0 aromatic carbocycles. The topological polar surface area (TPSA) is 108 Å². The third-order valence-electron chi connectivity index (χ3n) is 4.14. The standard InChI is InChI=1S/C18H33N3O4/c1-6-8-10-15(18(24)19-5)20-16(22)14(11-12(3)4)13(9-7-2)17(23)21-25/h7,12-15,25H,2,6,8-11H2,1,3-5H3,(H,19,24)(H,20,22)(H,21,23)/t13-,14+,15?/m0/s1. The molecular formula is C18H33N3O4. The van der Waals surface area contributed by atoms with E-state index in [9.17, 15) is 14.4 Å². The van der Waals surface area contributed by atoms with E-state index in [0.29, 0.717) is 12.8 Å². The van der Waals surface area contributed by atoms with Crippen LogP contribution in [0.4, 0.5) is 0 Å². The number of allylic oxidation sites excluding steroid dienone is 1. The normalized spacial score (nSPS) is 14.3. The zero-order valence-corrected chi connectivity index (χ0v) is 15.8. The van der Waals surface area contributed by atoms with Gasteiger partial charge in [-0.2, -0.15) is 0 Å². The average Bonchev–Trinajstić information content (AvgIpc) is 2.59. The lowest BCUT2D eigenvalue weighted by Crippen LogP contribution is -2.50. The zero-order chi connectivity index (χ0) is 19.4. The summed E-state index contributed by atoms with van der Waals surface area (Å²) in [5.74, 6) is -2.44. The van der Waals surface area contributed by atoms with Crippen LogP contribution < -0.4 is 16.1 Å². The molecular weight excluding hydrogens is 322 g/mol. The van der Waals surface area contributed by atoms with Crippen molar-refractivity contribution in [3.05, 3.63) is 12.7 Å². The van der Waals surface area contributed by atoms with Crippen molar-refractivity contribution in [3.8, 4) is 0 Å². The van der Waals surface area contributed by atoms with E-state index in [0.717, 1.165) is 12.8 Å². The second-order valence-electron chi connectivity index (χ2n) is 6.66. The molecule has 0 bridgehead atoms. The van der Waals surface area contributed by atoms with Crippen LogP contribution in [-0.4, -0.2) is 36.0 Å². The molecule has 4 N–H and O–H groups in total. The lowest BCUT2D eigenvalue weighted by Gasteiger charge is -2.27. The van der Waals surface area contributed by atoms with Crippen molar-refractivity contribution >= 4 is 17.7 Å². The Labute approximate surface area is 150 Å². The lowest BCUT2D eigenvalue weighted by molar-refractivity contribution is -0.141. The van der Waals surface area contributed by atoms with Gasteiger partial charge in [-0.25, -0.2) is 5.48 Å². The molecule has 0 saturated carbocycles. The predicted octanol–water partition coefficient (Wildman–Crippen LogP) is 1.77. The molecule has 0 fully saturated rings. The summed E-state index contributed by atoms with van der Waals surface area (Å²) in [7, 11) is 1.53. The molecule has 3 amide bonds. The minimum Gasteiger partial charge on any atom is -0.357 e. The summed E-state index contributed by atoms with van der Waals surface area (Å²) in [6.45, 7) is 9.54. The number of carbonyl (C=O) groups excluding carboxylic acids is 3. The molecule has 0 saturated heterocycles. The monoisotopic (exact) mass is 355 g/mol. The maximum absolute atomic E-state index is 12.8. The SMILES string of the molecule is C=CC[C@H](C(=O)NO)[C@@H](CC(C)C)C(=O)NC(CCCC)C(=O)NC. The molecule has 3 atom stereocenters. The van der Waals surface area contributed by atoms with Gasteiger partial charge in [-0.05, 0) is 25.2 Å². The van der Waals surface area contributed by atoms with E-state index in [1.165, 1.54) is 7.05 Å². The molecule has 7 heteroatoms. The largest absolute Gasteiger partial charge is 0.357 e. The summed E-state index contributed by atoms with van der Waals surface area (Å²) in [6, 6.07) is -0.631. The van der Waals surface area contributed by atoms with E-state index in [1.54, 1.807) is 11.6 Å². The Morgan fingerprint density at radius 1 is 1.12 bits per heavy atom. The zero-order valence-electron chi connectivity index (χ0n) is 15.8. The Balaban J connectivity index is 5.39. The van der Waals surface area contributed by atoms with Gasteiger partial charge >= 0.3 is 0 Å². The van der Waals surface area contributed by atoms with Gasteiger partial charge in [-0.15, -0.1) is 6.58 Å². The Kier molecular flexibility index (Phi) is 11.5. The first kappa shape index (κ1) is 23.1. The molecule has 0 aliphatic rings. The minimum atomic E-state index is -0.735. The van der Waals surface area contributed by atoms with Crippen molar-refractivity contribution in [2.24, 2.45) is 17.8 Å². The molecule has 0 aliphatic carbocycles. The minimum absolute atomic E-state index is 0.170. The van der Waals surface area contributed by atoms with Crippen LogP contribution in [0.25, 0.3) is 0 Å². The van der Waals surface area contributed by atoms with Crippen LogP contribution in [0.15, 0.2) is 12.7 Å². The Hall–Kier alpha value is -1.89. The highest BCUT2D eigenvalue weighted by Gasteiger charge is 2.35. The molecule has 0 aliphatic heterocycles. The Morgan fingerprint density at radius 3 is 2.20 bits per heavy atom. The number of unbranched alkanes of at least 4 members (excludes halogenated alkanes) is 1. The number of nitrogens with one attached hydrogen (secondary N) is 3. The summed E-state index contributed by atoms with van der Waals surface area (Å²) in [5, 5.41) is 14.3. The molecule has 0 radical (unpaired) electrons. The lowest BCUT2D eigenvalue weighted by atomic mass is 9.82. The van der Waals surface area contributed by atoms with Crippen LogP contribution in [0.1, 0.15) is 52.9 Å². The number of likely N-dealkylation sites (N-methyl/N-ethyl adjacent to an activating group) is 1. The summed E-state index contributed by atoms with van der Waals surface area (Å²) in [4.78, 5) is 36.9. The third kappa shape index (κ3) is 8.16. The van der Waals surface area contributed by atoms with E-state index in [2.05, 4.69) is 17.2 Å². The van der Waals surface area contributed by atoms with Gasteiger partial charge in [0.1, 0.15) is 6.04 Å². The van der Waals surface area contributed by atoms with E-state index in [4.69, 9.17) is 5.21 Å². The highest BCUT2D eigenvalue weighted by atomic mass is 16.5. The number of hydrogen-bond acceptors (Lipinski definition) is 4. The summed E-state index contributed by atoms with van der Waals surface area (Å²) >= 11 is 0. The number of hydroxylamine groups is 1. The van der Waals surface area contributed by atoms with Crippen LogP contribution in [0.3, 0.4) is 0 Å². The highest BCUT2D eigenvalue weighted by Crippen LogP contribution is 2.25. The molecule has 0 rings (SSSR count). The van der Waals surface area contributed by atoms with Crippen LogP contribution >= 0.6 is 0 Å². The molecule has 0 spiro atoms. The van der Waals surface area contributed by atoms with Crippen molar-refractivity contribution in [2.75, 3.05) is 7.05 Å². The molecule has 0 heterocycles. The summed E-state index contributed by atoms with van der Waals surface area (Å²) < 4.78 is 0. The van der Waals surface area contributed by atoms with Gasteiger partial charge in [0, 0.05) is 7.05 Å². The molecule has 25 heavy (non-hydrogen) atoms. The number of hydrogen-bond donors (Lipinski definition) is 4. The smallest absolute Gasteiger partial charge is 0.247 e. The fourth-order valence-electron chi connectivity index (χ4n) is 2.81. The second kappa shape index (κ2) is 12.5. The van der Waals surface area contributed by atoms with E-state index in [1.807, 2.05) is 20.8 Å². The van der Waals surface area contributed by atoms with E-state index in [-0.39, 0.29) is 24.2 Å². The predicted molar refractivity (Wildman–Crippen MR) is 96.7 cm³/mol. The van der Waals surface area contributed by atoms with E-state index < -0.39 is 23.8 Å². The van der Waals surface area contributed by atoms with Gasteiger partial charge in [0.05, 0.1) is 11.8 Å². The average molecular weight is 355 g/mol. The molecule has 0 aromatic rings. The van der Waals surface area contributed by atoms with Crippen molar-refractivity contribution in [2.45, 2.75) is 58.9 Å². The fourth-order valence-corrected chi connectivity index (χ4v) is 2.81. The van der Waals surface area contributed by atoms with Crippen molar-refractivity contribution < 1.29 is 19.6 Å². The Bertz CT molecular complexity index is 452. The Morgan fingerprint density at radius 2 is 1.76 bits per heavy atom. The molecule has 7 nitrogen and oxygen atoms in total. The van der Waals surface area contributed by atoms with E-state index >= 15 is 0 Å². The van der Waals surface area contributed by atoms with Crippen LogP contribution in [0, 0.1) is 17.8 Å². The fraction of sp³-hybridized carbons (Fsp3) is 0.722. The molecule has 144 valence electrons. The van der Waals surface area contributed by atoms with Gasteiger partial charge in [0.15, 0.2) is 0 Å². The highest BCUT2D eigenvalue weighted by molar-refractivity contribution is 5.91. The summed E-state index contributed by atoms with van der Waals surface area (Å²) in [6.07, 6.45) is 4.52. The van der Waals surface area contributed by atoms with Gasteiger partial charge in [0.2, 0.25) is 17.7 Å². The van der Waals surface area contributed by atoms with Gasteiger partial charge < -0.3 is 10.6 Å². The first-order valence-corrected chi connectivity index (χ1v) is 8.89. The molecule has 1 unspecified atom stereocenters. The van der Waals surface area contributed by atoms with Crippen molar-refractivity contribution in [1.82, 2.24) is 16.1 Å². The molecule has 0 aromatic heterocycles. The van der Waals surface area contributed by atoms with Gasteiger partial charge in [0.25, 0.3) is 0 Å². The van der Waals surface area contributed by atoms with Crippen LogP contribution in [0.5, 0.6) is 0 Å². The quantitative estimate of drug-likeness (QED) is 0.243. The van der Waals surface area contributed by atoms with Gasteiger partial charge in [-0.1, -0.05) is 39.7 Å².